The molecule has 202 valence electrons. The van der Waals surface area contributed by atoms with Gasteiger partial charge in [0, 0.05) is 12.6 Å². The minimum absolute atomic E-state index is 0.0734. The van der Waals surface area contributed by atoms with Gasteiger partial charge in [-0.3, -0.25) is 4.98 Å². The van der Waals surface area contributed by atoms with Crippen LogP contribution >= 0.6 is 11.6 Å². The summed E-state index contributed by atoms with van der Waals surface area (Å²) in [5.41, 5.74) is -2.38. The molecule has 4 aromatic carbocycles. The van der Waals surface area contributed by atoms with Crippen LogP contribution in [0.2, 0.25) is 5.02 Å². The van der Waals surface area contributed by atoms with Crippen molar-refractivity contribution in [2.24, 2.45) is 0 Å². The topological polar surface area (TPSA) is 51.2 Å². The zero-order valence-electron chi connectivity index (χ0n) is 20.8. The van der Waals surface area contributed by atoms with Gasteiger partial charge >= 0.3 is 12.3 Å². The highest BCUT2D eigenvalue weighted by Crippen LogP contribution is 2.38. The van der Waals surface area contributed by atoms with Crippen LogP contribution in [-0.4, -0.2) is 11.1 Å². The maximum Gasteiger partial charge on any atom is 0.416 e. The molecule has 0 bridgehead atoms. The van der Waals surface area contributed by atoms with Crippen molar-refractivity contribution < 1.29 is 27.1 Å². The van der Waals surface area contributed by atoms with Gasteiger partial charge in [-0.05, 0) is 64.4 Å². The molecule has 5 aromatic rings. The first kappa shape index (κ1) is 27.1. The Morgan fingerprint density at radius 2 is 1.52 bits per heavy atom. The number of alkyl halides is 3. The Morgan fingerprint density at radius 3 is 2.23 bits per heavy atom. The Morgan fingerprint density at radius 1 is 0.825 bits per heavy atom. The van der Waals surface area contributed by atoms with Gasteiger partial charge in [0.05, 0.1) is 16.3 Å². The Hall–Kier alpha value is -4.43. The average molecular weight is 565 g/mol. The fraction of sp³-hybridized carbons (Fsp3) is 0.0968. The van der Waals surface area contributed by atoms with Crippen LogP contribution in [0.1, 0.15) is 22.4 Å². The molecule has 1 amide bonds. The molecule has 1 aromatic heterocycles. The zero-order chi connectivity index (χ0) is 28.3. The molecule has 9 heteroatoms. The summed E-state index contributed by atoms with van der Waals surface area (Å²) in [7, 11) is 0. The van der Waals surface area contributed by atoms with Gasteiger partial charge in [0.1, 0.15) is 17.1 Å². The van der Waals surface area contributed by atoms with E-state index in [4.69, 9.17) is 16.3 Å². The van der Waals surface area contributed by atoms with Crippen LogP contribution in [0.5, 0.6) is 5.75 Å². The molecule has 0 saturated heterocycles. The number of hydrogen-bond acceptors (Lipinski definition) is 3. The van der Waals surface area contributed by atoms with Gasteiger partial charge in [-0.25, -0.2) is 9.18 Å². The minimum Gasteiger partial charge on any atom is -0.410 e. The van der Waals surface area contributed by atoms with Gasteiger partial charge < -0.3 is 10.1 Å². The molecule has 0 aliphatic heterocycles. The van der Waals surface area contributed by atoms with Crippen molar-refractivity contribution in [3.8, 4) is 5.75 Å². The second-order valence-corrected chi connectivity index (χ2v) is 9.62. The number of aromatic nitrogens is 1. The first-order valence-corrected chi connectivity index (χ1v) is 12.5. The van der Waals surface area contributed by atoms with Crippen molar-refractivity contribution in [3.63, 3.8) is 0 Å². The maximum atomic E-state index is 14.8. The van der Waals surface area contributed by atoms with Crippen molar-refractivity contribution >= 4 is 28.5 Å². The number of hydrogen-bond donors (Lipinski definition) is 1. The fourth-order valence-electron chi connectivity index (χ4n) is 4.59. The third-order valence-electron chi connectivity index (χ3n) is 6.44. The van der Waals surface area contributed by atoms with E-state index < -0.39 is 29.2 Å². The summed E-state index contributed by atoms with van der Waals surface area (Å²) < 4.78 is 61.7. The van der Waals surface area contributed by atoms with E-state index in [1.807, 2.05) is 24.3 Å². The monoisotopic (exact) mass is 564 g/mol. The summed E-state index contributed by atoms with van der Waals surface area (Å²) in [6, 6.07) is 26.4. The zero-order valence-corrected chi connectivity index (χ0v) is 21.5. The van der Waals surface area contributed by atoms with Crippen molar-refractivity contribution in [1.29, 1.82) is 0 Å². The summed E-state index contributed by atoms with van der Waals surface area (Å²) in [5, 5.41) is 4.75. The lowest BCUT2D eigenvalue weighted by molar-refractivity contribution is -0.137. The molecule has 0 radical (unpaired) electrons. The summed E-state index contributed by atoms with van der Waals surface area (Å²) in [5.74, 6) is -0.912. The van der Waals surface area contributed by atoms with E-state index in [9.17, 15) is 22.4 Å². The summed E-state index contributed by atoms with van der Waals surface area (Å²) in [6.07, 6.45) is -4.58. The Kier molecular flexibility index (Phi) is 7.45. The highest BCUT2D eigenvalue weighted by molar-refractivity contribution is 6.30. The number of ether oxygens (including phenoxy) is 1. The van der Waals surface area contributed by atoms with E-state index >= 15 is 0 Å². The lowest BCUT2D eigenvalue weighted by Gasteiger charge is -2.35. The molecule has 4 nitrogen and oxygen atoms in total. The largest absolute Gasteiger partial charge is 0.416 e. The molecule has 0 spiro atoms. The molecule has 1 heterocycles. The quantitative estimate of drug-likeness (QED) is 0.211. The third kappa shape index (κ3) is 5.92. The third-order valence-corrected chi connectivity index (χ3v) is 6.67. The van der Waals surface area contributed by atoms with Crippen molar-refractivity contribution in [2.45, 2.75) is 18.1 Å². The lowest BCUT2D eigenvalue weighted by atomic mass is 9.80. The molecular weight excluding hydrogens is 544 g/mol. The second-order valence-electron chi connectivity index (χ2n) is 9.18. The number of pyridine rings is 1. The van der Waals surface area contributed by atoms with Crippen LogP contribution < -0.4 is 10.1 Å². The highest BCUT2D eigenvalue weighted by Gasteiger charge is 2.41. The number of amides is 1. The molecule has 0 fully saturated rings. The van der Waals surface area contributed by atoms with Crippen LogP contribution in [-0.2, 0) is 18.1 Å². The number of benzene rings is 4. The van der Waals surface area contributed by atoms with Gasteiger partial charge in [0.25, 0.3) is 0 Å². The predicted molar refractivity (Wildman–Crippen MR) is 145 cm³/mol. The summed E-state index contributed by atoms with van der Waals surface area (Å²) in [4.78, 5) is 17.8. The standard InChI is InChI=1S/C31H21ClF4N2O2/c32-25-11-13-28(37-19-25)30(18-20-6-2-1-3-7-20,23-15-24(31(34,35)36)17-26(33)16-23)38-29(39)40-27-12-10-21-8-4-5-9-22(21)14-27/h1-17,19H,18H2,(H,38,39)/t30-/m1/s1. The molecule has 1 atom stereocenters. The van der Waals surface area contributed by atoms with E-state index in [1.54, 1.807) is 48.5 Å². The maximum absolute atomic E-state index is 14.8. The van der Waals surface area contributed by atoms with E-state index in [0.29, 0.717) is 11.6 Å². The van der Waals surface area contributed by atoms with Crippen LogP contribution in [0.15, 0.2) is 109 Å². The number of nitrogens with one attached hydrogen (secondary N) is 1. The lowest BCUT2D eigenvalue weighted by Crippen LogP contribution is -2.50. The van der Waals surface area contributed by atoms with Crippen LogP contribution in [0.25, 0.3) is 10.8 Å². The first-order chi connectivity index (χ1) is 19.1. The van der Waals surface area contributed by atoms with Gasteiger partial charge in [0.15, 0.2) is 0 Å². The molecule has 0 saturated carbocycles. The van der Waals surface area contributed by atoms with Crippen LogP contribution in [0, 0.1) is 5.82 Å². The van der Waals surface area contributed by atoms with E-state index in [-0.39, 0.29) is 28.5 Å². The Labute approximate surface area is 232 Å². The van der Waals surface area contributed by atoms with Gasteiger partial charge in [-0.15, -0.1) is 0 Å². The number of nitrogens with zero attached hydrogens (tertiary/aromatic N) is 1. The number of rotatable bonds is 6. The van der Waals surface area contributed by atoms with Crippen molar-refractivity contribution in [1.82, 2.24) is 10.3 Å². The van der Waals surface area contributed by atoms with E-state index in [2.05, 4.69) is 10.3 Å². The normalized spacial score (nSPS) is 13.0. The highest BCUT2D eigenvalue weighted by atomic mass is 35.5. The summed E-state index contributed by atoms with van der Waals surface area (Å²) in [6.45, 7) is 0. The molecular formula is C31H21ClF4N2O2. The number of halogens is 5. The average Bonchev–Trinajstić information content (AvgIpc) is 2.92. The number of carbonyl (C=O) groups is 1. The van der Waals surface area contributed by atoms with Crippen molar-refractivity contribution in [2.75, 3.05) is 0 Å². The number of carbonyl (C=O) groups excluding carboxylic acids is 1. The Bertz CT molecular complexity index is 1660. The van der Waals surface area contributed by atoms with Crippen molar-refractivity contribution in [3.05, 3.63) is 143 Å². The van der Waals surface area contributed by atoms with Crippen LogP contribution in [0.4, 0.5) is 22.4 Å². The fourth-order valence-corrected chi connectivity index (χ4v) is 4.70. The smallest absolute Gasteiger partial charge is 0.410 e. The molecule has 5 rings (SSSR count). The Balaban J connectivity index is 1.65. The van der Waals surface area contributed by atoms with E-state index in [1.165, 1.54) is 18.3 Å². The molecule has 0 unspecified atom stereocenters. The SMILES string of the molecule is O=C(N[C@](Cc1ccccc1)(c1cc(F)cc(C(F)(F)F)c1)c1ccc(Cl)cn1)Oc1ccc2ccccc2c1. The van der Waals surface area contributed by atoms with Gasteiger partial charge in [-0.1, -0.05) is 72.3 Å². The van der Waals surface area contributed by atoms with Crippen LogP contribution in [0.3, 0.4) is 0 Å². The minimum atomic E-state index is -4.84. The predicted octanol–water partition coefficient (Wildman–Crippen LogP) is 8.32. The molecule has 40 heavy (non-hydrogen) atoms. The molecule has 1 N–H and O–H groups in total. The second kappa shape index (κ2) is 11.0. The summed E-state index contributed by atoms with van der Waals surface area (Å²) >= 11 is 6.06. The van der Waals surface area contributed by atoms with Gasteiger partial charge in [-0.2, -0.15) is 13.2 Å². The first-order valence-electron chi connectivity index (χ1n) is 12.2. The van der Waals surface area contributed by atoms with E-state index in [0.717, 1.165) is 22.9 Å². The molecule has 0 aliphatic carbocycles. The molecule has 0 aliphatic rings. The number of fused-ring (bicyclic) bond motifs is 1. The van der Waals surface area contributed by atoms with Gasteiger partial charge in [0.2, 0.25) is 0 Å².